The van der Waals surface area contributed by atoms with Gasteiger partial charge in [0, 0.05) is 23.4 Å². The van der Waals surface area contributed by atoms with Gasteiger partial charge < -0.3 is 20.3 Å². The van der Waals surface area contributed by atoms with Crippen LogP contribution in [0.4, 0.5) is 5.69 Å². The number of nitriles is 1. The fourth-order valence-electron chi connectivity index (χ4n) is 3.17. The largest absolute Gasteiger partial charge is 0.489 e. The molecular formula is C26H26N4O3. The summed E-state index contributed by atoms with van der Waals surface area (Å²) in [5, 5.41) is 14.9. The zero-order valence-electron chi connectivity index (χ0n) is 18.7. The molecule has 2 N–H and O–H groups in total. The lowest BCUT2D eigenvalue weighted by Crippen LogP contribution is -2.27. The molecule has 0 spiro atoms. The maximum atomic E-state index is 12.6. The van der Waals surface area contributed by atoms with Crippen LogP contribution in [0.5, 0.6) is 5.75 Å². The Kier molecular flexibility index (Phi) is 8.17. The number of nitrogens with zero attached hydrogens (tertiary/aromatic N) is 2. The summed E-state index contributed by atoms with van der Waals surface area (Å²) in [7, 11) is 3.66. The van der Waals surface area contributed by atoms with Gasteiger partial charge in [-0.25, -0.2) is 0 Å². The summed E-state index contributed by atoms with van der Waals surface area (Å²) >= 11 is 0. The molecule has 7 heteroatoms. The van der Waals surface area contributed by atoms with E-state index in [1.165, 1.54) is 0 Å². The number of carbonyl (C=O) groups is 2. The van der Waals surface area contributed by atoms with Crippen molar-refractivity contribution in [2.75, 3.05) is 26.0 Å². The van der Waals surface area contributed by atoms with Crippen LogP contribution in [0.1, 0.15) is 27.0 Å². The Morgan fingerprint density at radius 2 is 1.79 bits per heavy atom. The van der Waals surface area contributed by atoms with Gasteiger partial charge in [-0.15, -0.1) is 0 Å². The third kappa shape index (κ3) is 7.20. The number of carbonyl (C=O) groups excluding carboxylic acids is 2. The molecule has 0 fully saturated rings. The first-order valence-electron chi connectivity index (χ1n) is 10.5. The Hall–Kier alpha value is -4.15. The highest BCUT2D eigenvalue weighted by Crippen LogP contribution is 2.17. The molecule has 0 aliphatic heterocycles. The number of benzene rings is 3. The van der Waals surface area contributed by atoms with Crippen molar-refractivity contribution >= 4 is 17.5 Å². The maximum absolute atomic E-state index is 12.6. The number of ether oxygens (including phenoxy) is 1. The van der Waals surface area contributed by atoms with Crippen molar-refractivity contribution in [3.8, 4) is 11.8 Å². The molecule has 0 heterocycles. The molecule has 0 atom stereocenters. The van der Waals surface area contributed by atoms with Crippen LogP contribution in [0.25, 0.3) is 0 Å². The van der Waals surface area contributed by atoms with Gasteiger partial charge in [-0.3, -0.25) is 9.59 Å². The number of rotatable bonds is 9. The van der Waals surface area contributed by atoms with E-state index in [4.69, 9.17) is 4.74 Å². The van der Waals surface area contributed by atoms with Crippen LogP contribution < -0.4 is 15.4 Å². The summed E-state index contributed by atoms with van der Waals surface area (Å²) in [6, 6.07) is 23.6. The van der Waals surface area contributed by atoms with Crippen molar-refractivity contribution in [2.24, 2.45) is 0 Å². The van der Waals surface area contributed by atoms with E-state index in [9.17, 15) is 14.9 Å². The van der Waals surface area contributed by atoms with Gasteiger partial charge in [0.15, 0.2) is 0 Å². The Balaban J connectivity index is 1.57. The number of hydrogen-bond donors (Lipinski definition) is 2. The van der Waals surface area contributed by atoms with E-state index in [0.717, 1.165) is 11.1 Å². The van der Waals surface area contributed by atoms with Crippen molar-refractivity contribution in [3.63, 3.8) is 0 Å². The highest BCUT2D eigenvalue weighted by Gasteiger charge is 2.09. The monoisotopic (exact) mass is 442 g/mol. The van der Waals surface area contributed by atoms with Gasteiger partial charge in [-0.1, -0.05) is 36.4 Å². The average Bonchev–Trinajstić information content (AvgIpc) is 2.81. The first-order chi connectivity index (χ1) is 15.9. The summed E-state index contributed by atoms with van der Waals surface area (Å²) in [4.78, 5) is 26.4. The molecule has 168 valence electrons. The summed E-state index contributed by atoms with van der Waals surface area (Å²) < 4.78 is 5.79. The molecule has 3 rings (SSSR count). The first-order valence-corrected chi connectivity index (χ1v) is 10.5. The molecule has 0 saturated carbocycles. The van der Waals surface area contributed by atoms with Crippen LogP contribution in [-0.4, -0.2) is 37.4 Å². The lowest BCUT2D eigenvalue weighted by atomic mass is 10.1. The Morgan fingerprint density at radius 3 is 2.58 bits per heavy atom. The summed E-state index contributed by atoms with van der Waals surface area (Å²) in [6.45, 7) is 0.847. The van der Waals surface area contributed by atoms with Crippen LogP contribution in [0.15, 0.2) is 72.8 Å². The second kappa shape index (κ2) is 11.5. The lowest BCUT2D eigenvalue weighted by Gasteiger charge is -2.12. The minimum absolute atomic E-state index is 0.101. The molecule has 0 bridgehead atoms. The molecule has 0 radical (unpaired) electrons. The first kappa shape index (κ1) is 23.5. The maximum Gasteiger partial charge on any atom is 0.251 e. The number of nitrogens with one attached hydrogen (secondary N) is 2. The molecule has 3 aromatic carbocycles. The highest BCUT2D eigenvalue weighted by atomic mass is 16.5. The van der Waals surface area contributed by atoms with Gasteiger partial charge in [-0.2, -0.15) is 5.26 Å². The zero-order valence-corrected chi connectivity index (χ0v) is 18.7. The summed E-state index contributed by atoms with van der Waals surface area (Å²) in [6.07, 6.45) is 0. The van der Waals surface area contributed by atoms with Gasteiger partial charge in [0.1, 0.15) is 12.4 Å². The number of anilines is 1. The van der Waals surface area contributed by atoms with Crippen LogP contribution in [0, 0.1) is 11.3 Å². The van der Waals surface area contributed by atoms with E-state index in [0.29, 0.717) is 35.7 Å². The third-order valence-corrected chi connectivity index (χ3v) is 4.75. The normalized spacial score (nSPS) is 10.4. The molecule has 33 heavy (non-hydrogen) atoms. The summed E-state index contributed by atoms with van der Waals surface area (Å²) in [5.41, 5.74) is 3.36. The molecule has 0 saturated heterocycles. The smallest absolute Gasteiger partial charge is 0.251 e. The second-order valence-corrected chi connectivity index (χ2v) is 7.75. The van der Waals surface area contributed by atoms with E-state index < -0.39 is 0 Å². The van der Waals surface area contributed by atoms with E-state index in [1.807, 2.05) is 50.5 Å². The van der Waals surface area contributed by atoms with E-state index in [-0.39, 0.29) is 18.4 Å². The molecule has 0 aliphatic rings. The summed E-state index contributed by atoms with van der Waals surface area (Å²) in [5.74, 6) is 0.205. The topological polar surface area (TPSA) is 94.5 Å². The number of likely N-dealkylation sites (N-methyl/N-ethyl adjacent to an activating group) is 1. The third-order valence-electron chi connectivity index (χ3n) is 4.75. The van der Waals surface area contributed by atoms with Gasteiger partial charge in [0.2, 0.25) is 5.91 Å². The second-order valence-electron chi connectivity index (χ2n) is 7.75. The lowest BCUT2D eigenvalue weighted by molar-refractivity contribution is -0.116. The van der Waals surface area contributed by atoms with Crippen molar-refractivity contribution in [1.29, 1.82) is 5.26 Å². The standard InChI is InChI=1S/C26H26N4O3/c1-30(2)17-25(31)29-23-11-5-7-19(13-23)16-28-26(32)20-10-6-12-24(14-20)33-18-22-9-4-3-8-21(22)15-27/h3-14H,16-18H2,1-2H3,(H,28,32)(H,29,31). The Labute approximate surface area is 193 Å². The predicted molar refractivity (Wildman–Crippen MR) is 127 cm³/mol. The highest BCUT2D eigenvalue weighted by molar-refractivity contribution is 5.94. The molecule has 3 aromatic rings. The van der Waals surface area contributed by atoms with Crippen molar-refractivity contribution in [3.05, 3.63) is 95.1 Å². The number of amides is 2. The molecule has 2 amide bonds. The van der Waals surface area contributed by atoms with Crippen LogP contribution in [-0.2, 0) is 17.9 Å². The number of hydrogen-bond acceptors (Lipinski definition) is 5. The minimum atomic E-state index is -0.236. The Bertz CT molecular complexity index is 1170. The fraction of sp³-hybridized carbons (Fsp3) is 0.192. The molecule has 0 aromatic heterocycles. The van der Waals surface area contributed by atoms with E-state index >= 15 is 0 Å². The molecule has 7 nitrogen and oxygen atoms in total. The minimum Gasteiger partial charge on any atom is -0.489 e. The van der Waals surface area contributed by atoms with E-state index in [1.54, 1.807) is 41.3 Å². The SMILES string of the molecule is CN(C)CC(=O)Nc1cccc(CNC(=O)c2cccc(OCc3ccccc3C#N)c2)c1. The van der Waals surface area contributed by atoms with Crippen molar-refractivity contribution in [1.82, 2.24) is 10.2 Å². The van der Waals surface area contributed by atoms with Gasteiger partial charge in [0.05, 0.1) is 18.2 Å². The van der Waals surface area contributed by atoms with Crippen LogP contribution in [0.2, 0.25) is 0 Å². The zero-order chi connectivity index (χ0) is 23.6. The molecule has 0 unspecified atom stereocenters. The van der Waals surface area contributed by atoms with Crippen molar-refractivity contribution in [2.45, 2.75) is 13.2 Å². The molecular weight excluding hydrogens is 416 g/mol. The molecule has 0 aliphatic carbocycles. The average molecular weight is 443 g/mol. The van der Waals surface area contributed by atoms with Crippen LogP contribution in [0.3, 0.4) is 0 Å². The quantitative estimate of drug-likeness (QED) is 0.528. The van der Waals surface area contributed by atoms with Crippen molar-refractivity contribution < 1.29 is 14.3 Å². The van der Waals surface area contributed by atoms with Gasteiger partial charge in [0.25, 0.3) is 5.91 Å². The van der Waals surface area contributed by atoms with Crippen LogP contribution >= 0.6 is 0 Å². The fourth-order valence-corrected chi connectivity index (χ4v) is 3.17. The van der Waals surface area contributed by atoms with Gasteiger partial charge >= 0.3 is 0 Å². The van der Waals surface area contributed by atoms with Gasteiger partial charge in [-0.05, 0) is 56.1 Å². The predicted octanol–water partition coefficient (Wildman–Crippen LogP) is 3.57. The Morgan fingerprint density at radius 1 is 1.00 bits per heavy atom. The van der Waals surface area contributed by atoms with E-state index in [2.05, 4.69) is 16.7 Å².